The van der Waals surface area contributed by atoms with Gasteiger partial charge in [0.15, 0.2) is 6.73 Å². The van der Waals surface area contributed by atoms with E-state index in [1.165, 1.54) is 0 Å². The number of ether oxygens (including phenoxy) is 1. The Hall–Kier alpha value is -3.55. The number of hydrogen-bond donors (Lipinski definition) is 0. The second-order valence-corrected chi connectivity index (χ2v) is 8.37. The zero-order chi connectivity index (χ0) is 22.1. The van der Waals surface area contributed by atoms with Crippen molar-refractivity contribution in [2.45, 2.75) is 38.8 Å². The van der Waals surface area contributed by atoms with Gasteiger partial charge < -0.3 is 9.64 Å². The van der Waals surface area contributed by atoms with E-state index in [0.717, 1.165) is 35.2 Å². The first-order valence-corrected chi connectivity index (χ1v) is 11.0. The average Bonchev–Trinajstić information content (AvgIpc) is 3.27. The molecule has 1 fully saturated rings. The fraction of sp³-hybridized carbons (Fsp3) is 0.375. The third-order valence-corrected chi connectivity index (χ3v) is 6.50. The maximum Gasteiger partial charge on any atom is 0.311 e. The van der Waals surface area contributed by atoms with Crippen molar-refractivity contribution >= 4 is 28.5 Å². The maximum absolute atomic E-state index is 13.4. The molecule has 0 radical (unpaired) electrons. The van der Waals surface area contributed by atoms with Crippen LogP contribution in [0.1, 0.15) is 31.2 Å². The minimum atomic E-state index is -0.520. The summed E-state index contributed by atoms with van der Waals surface area (Å²) >= 11 is 0. The molecular formula is C24H24N4O4. The Morgan fingerprint density at radius 1 is 1.00 bits per heavy atom. The molecule has 0 spiro atoms. The summed E-state index contributed by atoms with van der Waals surface area (Å²) in [5, 5.41) is 8.29. The number of rotatable bonds is 4. The third kappa shape index (κ3) is 3.66. The van der Waals surface area contributed by atoms with Crippen LogP contribution in [0.5, 0.6) is 0 Å². The predicted molar refractivity (Wildman–Crippen MR) is 118 cm³/mol. The van der Waals surface area contributed by atoms with Gasteiger partial charge in [-0.2, -0.15) is 4.68 Å². The zero-order valence-corrected chi connectivity index (χ0v) is 17.6. The van der Waals surface area contributed by atoms with Crippen LogP contribution in [0.4, 0.5) is 5.69 Å². The van der Waals surface area contributed by atoms with E-state index < -0.39 is 17.8 Å². The smallest absolute Gasteiger partial charge is 0.311 e. The fourth-order valence-electron chi connectivity index (χ4n) is 4.82. The lowest BCUT2D eigenvalue weighted by Crippen LogP contribution is -2.42. The Labute approximate surface area is 184 Å². The number of nitrogens with zero attached hydrogens (tertiary/aromatic N) is 4. The molecule has 1 amide bonds. The average molecular weight is 432 g/mol. The molecule has 5 rings (SSSR count). The molecule has 1 aliphatic carbocycles. The largest absolute Gasteiger partial charge is 0.442 e. The first-order valence-electron chi connectivity index (χ1n) is 11.0. The van der Waals surface area contributed by atoms with E-state index in [4.69, 9.17) is 4.74 Å². The first-order chi connectivity index (χ1) is 15.6. The van der Waals surface area contributed by atoms with Gasteiger partial charge in [-0.15, -0.1) is 5.10 Å². The van der Waals surface area contributed by atoms with Crippen LogP contribution in [0.2, 0.25) is 0 Å². The van der Waals surface area contributed by atoms with E-state index in [2.05, 4.69) is 10.3 Å². The van der Waals surface area contributed by atoms with Crippen LogP contribution in [-0.4, -0.2) is 33.4 Å². The molecule has 0 bridgehead atoms. The summed E-state index contributed by atoms with van der Waals surface area (Å²) in [4.78, 5) is 40.8. The highest BCUT2D eigenvalue weighted by Gasteiger charge is 2.40. The second-order valence-electron chi connectivity index (χ2n) is 8.37. The Morgan fingerprint density at radius 2 is 1.75 bits per heavy atom. The maximum atomic E-state index is 13.4. The molecule has 0 N–H and O–H groups in total. The molecule has 3 aromatic rings. The summed E-state index contributed by atoms with van der Waals surface area (Å²) < 4.78 is 6.50. The summed E-state index contributed by atoms with van der Waals surface area (Å²) in [6.07, 6.45) is 3.87. The number of fused-ring (bicyclic) bond motifs is 2. The lowest BCUT2D eigenvalue weighted by molar-refractivity contribution is -0.158. The van der Waals surface area contributed by atoms with E-state index in [1.807, 2.05) is 29.2 Å². The number of amides is 1. The molecule has 0 saturated heterocycles. The minimum Gasteiger partial charge on any atom is -0.442 e. The van der Waals surface area contributed by atoms with Gasteiger partial charge in [-0.3, -0.25) is 14.4 Å². The van der Waals surface area contributed by atoms with Gasteiger partial charge in [-0.05, 0) is 43.0 Å². The van der Waals surface area contributed by atoms with Crippen molar-refractivity contribution in [2.24, 2.45) is 11.8 Å². The second kappa shape index (κ2) is 8.53. The Balaban J connectivity index is 1.31. The van der Waals surface area contributed by atoms with Crippen molar-refractivity contribution in [1.29, 1.82) is 0 Å². The number of benzene rings is 2. The number of anilines is 1. The number of aromatic nitrogens is 3. The first kappa shape index (κ1) is 20.4. The van der Waals surface area contributed by atoms with E-state index >= 15 is 0 Å². The van der Waals surface area contributed by atoms with E-state index in [9.17, 15) is 14.4 Å². The summed E-state index contributed by atoms with van der Waals surface area (Å²) in [5.41, 5.74) is 2.22. The Bertz CT molecular complexity index is 1240. The van der Waals surface area contributed by atoms with Gasteiger partial charge in [0.1, 0.15) is 5.52 Å². The summed E-state index contributed by atoms with van der Waals surface area (Å²) in [7, 11) is 0. The predicted octanol–water partition coefficient (Wildman–Crippen LogP) is 2.69. The molecule has 1 saturated carbocycles. The number of carbonyl (C=O) groups excluding carboxylic acids is 2. The van der Waals surface area contributed by atoms with Crippen molar-refractivity contribution in [3.05, 3.63) is 64.4 Å². The summed E-state index contributed by atoms with van der Waals surface area (Å²) in [6.45, 7) is 0.317. The van der Waals surface area contributed by atoms with Gasteiger partial charge in [0, 0.05) is 12.2 Å². The van der Waals surface area contributed by atoms with E-state index in [-0.39, 0.29) is 18.2 Å². The molecule has 1 aliphatic heterocycles. The van der Waals surface area contributed by atoms with Crippen molar-refractivity contribution in [1.82, 2.24) is 15.0 Å². The number of carbonyl (C=O) groups is 2. The standard InChI is InChI=1S/C24H24N4O4/c29-22(27-14-13-16-7-1-6-12-21(16)27)17-8-2-3-9-18(17)24(31)32-15-28-23(30)19-10-4-5-11-20(19)25-26-28/h1,4-7,10-12,17-18H,2-3,8-9,13-15H2/t17-,18-/m0/s1. The highest BCUT2D eigenvalue weighted by atomic mass is 16.5. The summed E-state index contributed by atoms with van der Waals surface area (Å²) in [5.74, 6) is -1.41. The Kier molecular flexibility index (Phi) is 5.43. The lowest BCUT2D eigenvalue weighted by Gasteiger charge is -2.32. The van der Waals surface area contributed by atoms with Crippen LogP contribution in [0, 0.1) is 11.8 Å². The number of esters is 1. The van der Waals surface area contributed by atoms with Gasteiger partial charge in [0.2, 0.25) is 5.91 Å². The molecule has 2 aliphatic rings. The van der Waals surface area contributed by atoms with Crippen molar-refractivity contribution in [2.75, 3.05) is 11.4 Å². The van der Waals surface area contributed by atoms with E-state index in [0.29, 0.717) is 30.3 Å². The molecular weight excluding hydrogens is 408 g/mol. The van der Waals surface area contributed by atoms with Gasteiger partial charge in [0.05, 0.1) is 17.2 Å². The molecule has 164 valence electrons. The molecule has 1 aromatic heterocycles. The van der Waals surface area contributed by atoms with Crippen molar-refractivity contribution in [3.63, 3.8) is 0 Å². The van der Waals surface area contributed by atoms with Crippen molar-refractivity contribution < 1.29 is 14.3 Å². The number of para-hydroxylation sites is 1. The lowest BCUT2D eigenvalue weighted by atomic mass is 9.78. The van der Waals surface area contributed by atoms with E-state index in [1.54, 1.807) is 24.3 Å². The van der Waals surface area contributed by atoms with Crippen LogP contribution in [-0.2, 0) is 27.5 Å². The highest BCUT2D eigenvalue weighted by Crippen LogP contribution is 2.36. The number of hydrogen-bond acceptors (Lipinski definition) is 6. The molecule has 8 nitrogen and oxygen atoms in total. The van der Waals surface area contributed by atoms with Gasteiger partial charge in [-0.1, -0.05) is 48.4 Å². The van der Waals surface area contributed by atoms with Crippen LogP contribution in [0.15, 0.2) is 53.3 Å². The molecule has 0 unspecified atom stereocenters. The highest BCUT2D eigenvalue weighted by molar-refractivity contribution is 5.99. The third-order valence-electron chi connectivity index (χ3n) is 6.50. The minimum absolute atomic E-state index is 0.0146. The van der Waals surface area contributed by atoms with Gasteiger partial charge in [-0.25, -0.2) is 0 Å². The Morgan fingerprint density at radius 3 is 2.62 bits per heavy atom. The molecule has 2 aromatic carbocycles. The molecule has 32 heavy (non-hydrogen) atoms. The zero-order valence-electron chi connectivity index (χ0n) is 17.6. The monoisotopic (exact) mass is 432 g/mol. The van der Waals surface area contributed by atoms with Crippen LogP contribution >= 0.6 is 0 Å². The topological polar surface area (TPSA) is 94.4 Å². The normalized spacial score (nSPS) is 20.2. The van der Waals surface area contributed by atoms with Crippen LogP contribution < -0.4 is 10.5 Å². The summed E-state index contributed by atoms with van der Waals surface area (Å²) in [6, 6.07) is 14.8. The molecule has 8 heteroatoms. The fourth-order valence-corrected chi connectivity index (χ4v) is 4.82. The molecule has 2 atom stereocenters. The quantitative estimate of drug-likeness (QED) is 0.589. The van der Waals surface area contributed by atoms with Gasteiger partial charge >= 0.3 is 5.97 Å². The SMILES string of the molecule is O=C(OCn1nnc2ccccc2c1=O)[C@H]1CCCC[C@@H]1C(=O)N1CCc2ccccc21. The van der Waals surface area contributed by atoms with Crippen LogP contribution in [0.3, 0.4) is 0 Å². The molecule has 2 heterocycles. The van der Waals surface area contributed by atoms with Crippen molar-refractivity contribution in [3.8, 4) is 0 Å². The van der Waals surface area contributed by atoms with Gasteiger partial charge in [0.25, 0.3) is 5.56 Å². The van der Waals surface area contributed by atoms with Crippen LogP contribution in [0.25, 0.3) is 10.9 Å².